The third-order valence-electron chi connectivity index (χ3n) is 7.22. The highest BCUT2D eigenvalue weighted by Gasteiger charge is 2.33. The minimum atomic E-state index is 0.464. The van der Waals surface area contributed by atoms with Crippen molar-refractivity contribution < 1.29 is 0 Å². The fraction of sp³-hybridized carbons (Fsp3) is 0. The third-order valence-corrected chi connectivity index (χ3v) is 7.22. The normalized spacial score (nSPS) is 16.1. The van der Waals surface area contributed by atoms with E-state index in [-0.39, 0.29) is 0 Å². The van der Waals surface area contributed by atoms with Crippen LogP contribution < -0.4 is 11.5 Å². The Morgan fingerprint density at radius 3 is 1.75 bits per heavy atom. The summed E-state index contributed by atoms with van der Waals surface area (Å²) < 4.78 is 2.02. The quantitative estimate of drug-likeness (QED) is 0.296. The molecule has 8 rings (SSSR count). The van der Waals surface area contributed by atoms with E-state index in [0.717, 1.165) is 50.0 Å². The lowest BCUT2D eigenvalue weighted by Gasteiger charge is -2.32. The zero-order chi connectivity index (χ0) is 26.8. The lowest BCUT2D eigenvalue weighted by atomic mass is 10.0. The van der Waals surface area contributed by atoms with E-state index in [1.807, 2.05) is 107 Å². The molecule has 0 aliphatic carbocycles. The molecule has 4 aromatic carbocycles. The van der Waals surface area contributed by atoms with E-state index in [0.29, 0.717) is 29.3 Å². The molecule has 0 saturated carbocycles. The molecule has 190 valence electrons. The van der Waals surface area contributed by atoms with Crippen LogP contribution in [0.5, 0.6) is 0 Å². The number of aliphatic imine (C=N–C) groups is 4. The highest BCUT2D eigenvalue weighted by atomic mass is 15.4. The first-order chi connectivity index (χ1) is 19.6. The second kappa shape index (κ2) is 8.37. The number of nitrogens with two attached hydrogens (primary N) is 2. The monoisotopic (exact) mass is 518 g/mol. The maximum atomic E-state index is 6.18. The SMILES string of the molecule is Nc1ccc2c(c1)c1cc(N)ccc1n2C1=NC2=NC(c3ccccc3)=CC3=CC(c4ccccc4)=NC(=N1)N32. The number of fused-ring (bicyclic) bond motifs is 3. The summed E-state index contributed by atoms with van der Waals surface area (Å²) in [7, 11) is 0. The zero-order valence-corrected chi connectivity index (χ0v) is 21.2. The van der Waals surface area contributed by atoms with Crippen LogP contribution in [0.25, 0.3) is 27.5 Å². The highest BCUT2D eigenvalue weighted by Crippen LogP contribution is 2.35. The van der Waals surface area contributed by atoms with Gasteiger partial charge in [-0.05, 0) is 48.6 Å². The molecule has 40 heavy (non-hydrogen) atoms. The molecular weight excluding hydrogens is 496 g/mol. The predicted molar refractivity (Wildman–Crippen MR) is 163 cm³/mol. The van der Waals surface area contributed by atoms with Crippen molar-refractivity contribution in [2.24, 2.45) is 20.0 Å². The van der Waals surface area contributed by atoms with Crippen LogP contribution in [0.1, 0.15) is 11.1 Å². The first-order valence-electron chi connectivity index (χ1n) is 12.9. The number of rotatable bonds is 2. The van der Waals surface area contributed by atoms with Crippen molar-refractivity contribution in [3.05, 3.63) is 126 Å². The van der Waals surface area contributed by atoms with Gasteiger partial charge in [-0.25, -0.2) is 14.9 Å². The second-order valence-electron chi connectivity index (χ2n) is 9.79. The largest absolute Gasteiger partial charge is 0.399 e. The molecule has 0 bridgehead atoms. The van der Waals surface area contributed by atoms with Crippen molar-refractivity contribution in [1.29, 1.82) is 0 Å². The molecule has 5 aromatic rings. The van der Waals surface area contributed by atoms with E-state index in [1.54, 1.807) is 0 Å². The maximum Gasteiger partial charge on any atom is 0.241 e. The number of benzene rings is 4. The van der Waals surface area contributed by atoms with Crippen LogP contribution in [-0.2, 0) is 0 Å². The van der Waals surface area contributed by atoms with Gasteiger partial charge >= 0.3 is 0 Å². The number of anilines is 2. The molecule has 0 spiro atoms. The number of hydrogen-bond donors (Lipinski definition) is 2. The molecule has 1 aromatic heterocycles. The van der Waals surface area contributed by atoms with Gasteiger partial charge in [-0.3, -0.25) is 4.57 Å². The van der Waals surface area contributed by atoms with E-state index >= 15 is 0 Å². The van der Waals surface area contributed by atoms with E-state index in [4.69, 9.17) is 31.4 Å². The van der Waals surface area contributed by atoms with Crippen molar-refractivity contribution in [2.45, 2.75) is 0 Å². The fourth-order valence-electron chi connectivity index (χ4n) is 5.39. The second-order valence-corrected chi connectivity index (χ2v) is 9.79. The summed E-state index contributed by atoms with van der Waals surface area (Å²) in [5, 5.41) is 1.95. The summed E-state index contributed by atoms with van der Waals surface area (Å²) in [5.74, 6) is 1.47. The van der Waals surface area contributed by atoms with Crippen LogP contribution in [0.4, 0.5) is 11.4 Å². The topological polar surface area (TPSA) is 110 Å². The summed E-state index contributed by atoms with van der Waals surface area (Å²) in [4.78, 5) is 21.8. The van der Waals surface area contributed by atoms with Gasteiger partial charge in [0.25, 0.3) is 0 Å². The van der Waals surface area contributed by atoms with Gasteiger partial charge < -0.3 is 11.5 Å². The number of allylic oxidation sites excluding steroid dienone is 2. The van der Waals surface area contributed by atoms with E-state index in [1.165, 1.54) is 0 Å². The molecule has 0 fully saturated rings. The number of aromatic nitrogens is 1. The predicted octanol–water partition coefficient (Wildman–Crippen LogP) is 5.63. The van der Waals surface area contributed by atoms with Gasteiger partial charge in [-0.1, -0.05) is 60.7 Å². The van der Waals surface area contributed by atoms with Crippen LogP contribution in [0.15, 0.2) is 135 Å². The number of nitrogen functional groups attached to an aromatic ring is 2. The molecule has 8 heteroatoms. The minimum absolute atomic E-state index is 0.464. The lowest BCUT2D eigenvalue weighted by Crippen LogP contribution is -2.42. The minimum Gasteiger partial charge on any atom is -0.399 e. The van der Waals surface area contributed by atoms with E-state index < -0.39 is 0 Å². The first kappa shape index (κ1) is 22.2. The number of hydrogen-bond acceptors (Lipinski definition) is 7. The van der Waals surface area contributed by atoms with E-state index in [2.05, 4.69) is 12.2 Å². The van der Waals surface area contributed by atoms with Crippen LogP contribution in [-0.4, -0.2) is 33.1 Å². The Morgan fingerprint density at radius 2 is 1.10 bits per heavy atom. The van der Waals surface area contributed by atoms with Crippen molar-refractivity contribution in [1.82, 2.24) is 9.47 Å². The molecule has 0 atom stereocenters. The van der Waals surface area contributed by atoms with Crippen molar-refractivity contribution in [3.63, 3.8) is 0 Å². The highest BCUT2D eigenvalue weighted by molar-refractivity contribution is 6.26. The van der Waals surface area contributed by atoms with Crippen LogP contribution in [0, 0.1) is 0 Å². The smallest absolute Gasteiger partial charge is 0.241 e. The maximum absolute atomic E-state index is 6.18. The third kappa shape index (κ3) is 3.40. The average molecular weight is 519 g/mol. The Labute approximate surface area is 229 Å². The van der Waals surface area contributed by atoms with E-state index in [9.17, 15) is 0 Å². The molecule has 0 amide bonds. The number of guanidine groups is 2. The van der Waals surface area contributed by atoms with Crippen LogP contribution in [0.2, 0.25) is 0 Å². The summed E-state index contributed by atoms with van der Waals surface area (Å²) in [6, 6.07) is 31.8. The van der Waals surface area contributed by atoms with Crippen LogP contribution >= 0.6 is 0 Å². The molecule has 3 aliphatic rings. The Balaban J connectivity index is 1.40. The van der Waals surface area contributed by atoms with Gasteiger partial charge in [0.2, 0.25) is 17.9 Å². The zero-order valence-electron chi connectivity index (χ0n) is 21.2. The Hall–Kier alpha value is -5.76. The molecule has 0 unspecified atom stereocenters. The number of nitrogens with zero attached hydrogens (tertiary/aromatic N) is 6. The van der Waals surface area contributed by atoms with Gasteiger partial charge in [0.05, 0.1) is 28.1 Å². The Bertz CT molecular complexity index is 1960. The molecule has 3 aliphatic heterocycles. The molecular formula is C32H22N8. The lowest BCUT2D eigenvalue weighted by molar-refractivity contribution is 0.733. The molecule has 8 nitrogen and oxygen atoms in total. The average Bonchev–Trinajstić information content (AvgIpc) is 3.30. The van der Waals surface area contributed by atoms with Crippen molar-refractivity contribution in [3.8, 4) is 0 Å². The summed E-state index contributed by atoms with van der Waals surface area (Å²) in [5.41, 5.74) is 20.1. The summed E-state index contributed by atoms with van der Waals surface area (Å²) in [6.45, 7) is 0. The fourth-order valence-corrected chi connectivity index (χ4v) is 5.39. The molecule has 0 radical (unpaired) electrons. The van der Waals surface area contributed by atoms with Gasteiger partial charge in [0.15, 0.2) is 0 Å². The first-order valence-corrected chi connectivity index (χ1v) is 12.9. The molecule has 4 N–H and O–H groups in total. The van der Waals surface area contributed by atoms with Gasteiger partial charge in [0.1, 0.15) is 0 Å². The van der Waals surface area contributed by atoms with Gasteiger partial charge in [-0.15, -0.1) is 0 Å². The van der Waals surface area contributed by atoms with Gasteiger partial charge in [0, 0.05) is 33.3 Å². The van der Waals surface area contributed by atoms with Gasteiger partial charge in [-0.2, -0.15) is 9.98 Å². The van der Waals surface area contributed by atoms with Crippen LogP contribution in [0.3, 0.4) is 0 Å². The standard InChI is InChI=1S/C32H22N8/c33-21-11-13-28-24(15-21)25-16-22(34)12-14-29(25)40(28)32-37-30-35-26(19-7-3-1-4-8-19)17-23-18-27(20-9-5-2-6-10-20)36-31(38-32)39(23)30/h1-18H,33-34H2. The summed E-state index contributed by atoms with van der Waals surface area (Å²) >= 11 is 0. The van der Waals surface area contributed by atoms with Crippen molar-refractivity contribution >= 4 is 62.5 Å². The van der Waals surface area contributed by atoms with Crippen molar-refractivity contribution in [2.75, 3.05) is 11.5 Å². The Morgan fingerprint density at radius 1 is 0.525 bits per heavy atom. The molecule has 4 heterocycles. The Kier molecular flexibility index (Phi) is 4.66. The molecule has 0 saturated heterocycles. The summed E-state index contributed by atoms with van der Waals surface area (Å²) in [6.07, 6.45) is 4.11.